The molecule has 6 nitrogen and oxygen atoms in total. The molecule has 1 unspecified atom stereocenters. The van der Waals surface area contributed by atoms with E-state index in [-0.39, 0.29) is 6.04 Å². The number of nitrogens with zero attached hydrogens (tertiary/aromatic N) is 3. The molecule has 0 radical (unpaired) electrons. The van der Waals surface area contributed by atoms with Crippen molar-refractivity contribution >= 4 is 5.96 Å². The predicted molar refractivity (Wildman–Crippen MR) is 109 cm³/mol. The average molecular weight is 362 g/mol. The normalized spacial score (nSPS) is 17.9. The third-order valence-electron chi connectivity index (χ3n) is 4.59. The average Bonchev–Trinajstić information content (AvgIpc) is 2.63. The zero-order valence-electron chi connectivity index (χ0n) is 16.8. The number of benzene rings is 1. The maximum absolute atomic E-state index is 5.17. The Hall–Kier alpha value is -1.63. The van der Waals surface area contributed by atoms with Crippen LogP contribution in [0.15, 0.2) is 29.3 Å². The van der Waals surface area contributed by atoms with Gasteiger partial charge < -0.3 is 20.3 Å². The first-order valence-corrected chi connectivity index (χ1v) is 9.63. The number of ether oxygens (including phenoxy) is 1. The van der Waals surface area contributed by atoms with E-state index < -0.39 is 0 Å². The van der Waals surface area contributed by atoms with Gasteiger partial charge in [-0.05, 0) is 32.0 Å². The monoisotopic (exact) mass is 361 g/mol. The van der Waals surface area contributed by atoms with Gasteiger partial charge in [-0.25, -0.2) is 4.99 Å². The Morgan fingerprint density at radius 2 is 1.81 bits per heavy atom. The van der Waals surface area contributed by atoms with Crippen molar-refractivity contribution in [1.29, 1.82) is 0 Å². The van der Waals surface area contributed by atoms with Crippen LogP contribution >= 0.6 is 0 Å². The summed E-state index contributed by atoms with van der Waals surface area (Å²) in [5, 5.41) is 6.65. The number of likely N-dealkylation sites (N-methyl/N-ethyl adjacent to an activating group) is 1. The summed E-state index contributed by atoms with van der Waals surface area (Å²) in [5.74, 6) is 0.832. The highest BCUT2D eigenvalue weighted by Crippen LogP contribution is 2.10. The van der Waals surface area contributed by atoms with Crippen LogP contribution in [0.25, 0.3) is 0 Å². The van der Waals surface area contributed by atoms with E-state index in [1.165, 1.54) is 11.1 Å². The molecule has 0 bridgehead atoms. The number of piperazine rings is 1. The van der Waals surface area contributed by atoms with E-state index in [9.17, 15) is 0 Å². The van der Waals surface area contributed by atoms with E-state index in [2.05, 4.69) is 70.6 Å². The molecule has 1 heterocycles. The van der Waals surface area contributed by atoms with Crippen molar-refractivity contribution in [3.63, 3.8) is 0 Å². The van der Waals surface area contributed by atoms with Crippen LogP contribution in [0.2, 0.25) is 0 Å². The first-order chi connectivity index (χ1) is 12.6. The Labute approximate surface area is 158 Å². The van der Waals surface area contributed by atoms with Gasteiger partial charge in [-0.15, -0.1) is 0 Å². The summed E-state index contributed by atoms with van der Waals surface area (Å²) in [6.07, 6.45) is 0. The Morgan fingerprint density at radius 1 is 1.15 bits per heavy atom. The van der Waals surface area contributed by atoms with Crippen molar-refractivity contribution in [2.24, 2.45) is 4.99 Å². The molecule has 2 rings (SSSR count). The zero-order valence-corrected chi connectivity index (χ0v) is 16.8. The van der Waals surface area contributed by atoms with Crippen molar-refractivity contribution < 1.29 is 4.74 Å². The lowest BCUT2D eigenvalue weighted by atomic mass is 10.1. The van der Waals surface area contributed by atoms with Crippen LogP contribution in [0.4, 0.5) is 0 Å². The molecule has 0 amide bonds. The molecule has 1 aromatic rings. The molecule has 2 N–H and O–H groups in total. The van der Waals surface area contributed by atoms with Gasteiger partial charge >= 0.3 is 0 Å². The van der Waals surface area contributed by atoms with Gasteiger partial charge in [0.2, 0.25) is 0 Å². The number of hydrogen-bond acceptors (Lipinski definition) is 4. The second-order valence-electron chi connectivity index (χ2n) is 7.09. The van der Waals surface area contributed by atoms with Crippen molar-refractivity contribution in [3.05, 3.63) is 35.4 Å². The number of methoxy groups -OCH3 is 1. The first kappa shape index (κ1) is 20.7. The molecule has 1 saturated heterocycles. The second kappa shape index (κ2) is 11.2. The Morgan fingerprint density at radius 3 is 2.42 bits per heavy atom. The number of aliphatic imine (C=N–C) groups is 1. The number of rotatable bonds is 8. The van der Waals surface area contributed by atoms with Crippen molar-refractivity contribution in [2.45, 2.75) is 33.0 Å². The molecular formula is C20H35N5O. The molecule has 146 valence electrons. The Kier molecular flexibility index (Phi) is 8.88. The van der Waals surface area contributed by atoms with Crippen molar-refractivity contribution in [3.8, 4) is 0 Å². The molecule has 1 aliphatic rings. The minimum Gasteiger partial charge on any atom is -0.383 e. The van der Waals surface area contributed by atoms with Gasteiger partial charge in [0, 0.05) is 52.4 Å². The van der Waals surface area contributed by atoms with Crippen molar-refractivity contribution in [2.75, 3.05) is 53.5 Å². The first-order valence-electron chi connectivity index (χ1n) is 9.63. The van der Waals surface area contributed by atoms with E-state index >= 15 is 0 Å². The largest absolute Gasteiger partial charge is 0.383 e. The third kappa shape index (κ3) is 7.32. The number of hydrogen-bond donors (Lipinski definition) is 2. The molecule has 26 heavy (non-hydrogen) atoms. The van der Waals surface area contributed by atoms with Crippen LogP contribution in [0, 0.1) is 0 Å². The summed E-state index contributed by atoms with van der Waals surface area (Å²) >= 11 is 0. The molecule has 0 aromatic heterocycles. The van der Waals surface area contributed by atoms with Crippen LogP contribution in [0.5, 0.6) is 0 Å². The molecule has 0 spiro atoms. The second-order valence-corrected chi connectivity index (χ2v) is 7.09. The summed E-state index contributed by atoms with van der Waals surface area (Å²) in [7, 11) is 3.91. The highest BCUT2D eigenvalue weighted by molar-refractivity contribution is 5.80. The van der Waals surface area contributed by atoms with E-state index in [1.54, 1.807) is 7.11 Å². The minimum atomic E-state index is 0.226. The van der Waals surface area contributed by atoms with Gasteiger partial charge in [0.15, 0.2) is 5.96 Å². The molecule has 1 aliphatic heterocycles. The lowest BCUT2D eigenvalue weighted by Crippen LogP contribution is -2.44. The van der Waals surface area contributed by atoms with Gasteiger partial charge in [0.25, 0.3) is 0 Å². The van der Waals surface area contributed by atoms with Crippen LogP contribution in [0.3, 0.4) is 0 Å². The third-order valence-corrected chi connectivity index (χ3v) is 4.59. The zero-order chi connectivity index (χ0) is 18.8. The number of guanidine groups is 1. The fraction of sp³-hybridized carbons (Fsp3) is 0.650. The summed E-state index contributed by atoms with van der Waals surface area (Å²) in [4.78, 5) is 9.60. The molecule has 1 atom stereocenters. The Balaban J connectivity index is 1.86. The van der Waals surface area contributed by atoms with E-state index in [1.807, 2.05) is 0 Å². The minimum absolute atomic E-state index is 0.226. The summed E-state index contributed by atoms with van der Waals surface area (Å²) < 4.78 is 5.17. The fourth-order valence-corrected chi connectivity index (χ4v) is 3.03. The SMILES string of the molecule is CCNC(=NCc1ccc(CN2CCN(C)CC2)cc1)NC(C)COC. The van der Waals surface area contributed by atoms with Gasteiger partial charge in [0.05, 0.1) is 13.2 Å². The molecule has 1 fully saturated rings. The lowest BCUT2D eigenvalue weighted by Gasteiger charge is -2.32. The van der Waals surface area contributed by atoms with Crippen LogP contribution in [-0.4, -0.2) is 75.3 Å². The molecule has 0 aliphatic carbocycles. The molecule has 1 aromatic carbocycles. The Bertz CT molecular complexity index is 538. The molecule has 6 heteroatoms. The van der Waals surface area contributed by atoms with Gasteiger partial charge in [-0.3, -0.25) is 4.90 Å². The fourth-order valence-electron chi connectivity index (χ4n) is 3.03. The summed E-state index contributed by atoms with van der Waals surface area (Å²) in [6, 6.07) is 9.08. The highest BCUT2D eigenvalue weighted by Gasteiger charge is 2.13. The summed E-state index contributed by atoms with van der Waals surface area (Å²) in [5.41, 5.74) is 2.60. The van der Waals surface area contributed by atoms with Crippen LogP contribution in [0.1, 0.15) is 25.0 Å². The van der Waals surface area contributed by atoms with Gasteiger partial charge in [0.1, 0.15) is 0 Å². The maximum atomic E-state index is 5.17. The smallest absolute Gasteiger partial charge is 0.191 e. The van der Waals surface area contributed by atoms with E-state index in [4.69, 9.17) is 4.74 Å². The molecule has 0 saturated carbocycles. The summed E-state index contributed by atoms with van der Waals surface area (Å²) in [6.45, 7) is 12.0. The van der Waals surface area contributed by atoms with Gasteiger partial charge in [-0.1, -0.05) is 24.3 Å². The topological polar surface area (TPSA) is 52.1 Å². The number of nitrogens with one attached hydrogen (secondary N) is 2. The standard InChI is InChI=1S/C20H35N5O/c1-5-21-20(23-17(2)16-26-4)22-14-18-6-8-19(9-7-18)15-25-12-10-24(3)11-13-25/h6-9,17H,5,10-16H2,1-4H3,(H2,21,22,23). The van der Waals surface area contributed by atoms with E-state index in [0.717, 1.165) is 45.2 Å². The van der Waals surface area contributed by atoms with Crippen LogP contribution < -0.4 is 10.6 Å². The van der Waals surface area contributed by atoms with E-state index in [0.29, 0.717) is 13.2 Å². The maximum Gasteiger partial charge on any atom is 0.191 e. The molecular weight excluding hydrogens is 326 g/mol. The lowest BCUT2D eigenvalue weighted by molar-refractivity contribution is 0.148. The highest BCUT2D eigenvalue weighted by atomic mass is 16.5. The van der Waals surface area contributed by atoms with Crippen molar-refractivity contribution in [1.82, 2.24) is 20.4 Å². The van der Waals surface area contributed by atoms with Crippen LogP contribution in [-0.2, 0) is 17.8 Å². The quantitative estimate of drug-likeness (QED) is 0.543. The van der Waals surface area contributed by atoms with Gasteiger partial charge in [-0.2, -0.15) is 0 Å². The predicted octanol–water partition coefficient (Wildman–Crippen LogP) is 1.52.